The molecule has 2 amide bonds. The molecule has 0 bridgehead atoms. The van der Waals surface area contributed by atoms with Crippen molar-refractivity contribution in [3.63, 3.8) is 0 Å². The number of carboxylic acids is 1. The molecule has 0 saturated carbocycles. The van der Waals surface area contributed by atoms with Crippen LogP contribution in [0.4, 0.5) is 0 Å². The first kappa shape index (κ1) is 23.2. The molecule has 3 rings (SSSR count). The van der Waals surface area contributed by atoms with Gasteiger partial charge in [0.05, 0.1) is 6.42 Å². The number of ether oxygens (including phenoxy) is 1. The molecule has 15 heteroatoms. The van der Waals surface area contributed by atoms with Crippen LogP contribution in [0.15, 0.2) is 28.8 Å². The van der Waals surface area contributed by atoms with Gasteiger partial charge < -0.3 is 15.2 Å². The Bertz CT molecular complexity index is 1070. The van der Waals surface area contributed by atoms with Crippen molar-refractivity contribution < 1.29 is 41.6 Å². The molecule has 1 unspecified atom stereocenters. The van der Waals surface area contributed by atoms with Crippen LogP contribution in [-0.2, 0) is 44.8 Å². The highest BCUT2D eigenvalue weighted by atomic mass is 32.2. The van der Waals surface area contributed by atoms with Gasteiger partial charge in [-0.1, -0.05) is 6.07 Å². The van der Waals surface area contributed by atoms with Gasteiger partial charge in [-0.25, -0.2) is 14.1 Å². The van der Waals surface area contributed by atoms with E-state index in [1.165, 1.54) is 11.3 Å². The average molecular weight is 492 g/mol. The van der Waals surface area contributed by atoms with E-state index in [-0.39, 0.29) is 24.4 Å². The van der Waals surface area contributed by atoms with E-state index in [4.69, 9.17) is 14.1 Å². The molecule has 12 nitrogen and oxygen atoms in total. The Balaban J connectivity index is 1.92. The van der Waals surface area contributed by atoms with Crippen molar-refractivity contribution >= 4 is 57.2 Å². The minimum Gasteiger partial charge on any atom is -0.477 e. The number of fused-ring (bicyclic) bond motifs is 1. The van der Waals surface area contributed by atoms with Crippen LogP contribution >= 0.6 is 23.1 Å². The number of carbonyl (C=O) groups is 4. The standard InChI is InChI=1S/C16H17N3O9S3/c1-8(20)27-6-9-7-30-15-16(28-31(17,25)26,14(24)19(15)12(9)13(22)23)18-11(21)5-10-3-2-4-29-10/h2-4,15H,5-7H2,1H3,(H,18,21)(H,22,23)(H2,17,25,26)/t15-,16?/m1/s1. The zero-order valence-electron chi connectivity index (χ0n) is 15.9. The number of amides is 2. The first-order valence-electron chi connectivity index (χ1n) is 8.55. The van der Waals surface area contributed by atoms with Crippen LogP contribution in [-0.4, -0.2) is 65.6 Å². The number of nitrogens with zero attached hydrogens (tertiary/aromatic N) is 1. The van der Waals surface area contributed by atoms with E-state index in [1.54, 1.807) is 17.5 Å². The topological polar surface area (TPSA) is 182 Å². The summed E-state index contributed by atoms with van der Waals surface area (Å²) in [7, 11) is -4.71. The molecule has 4 N–H and O–H groups in total. The minimum atomic E-state index is -4.71. The molecular weight excluding hydrogens is 474 g/mol. The van der Waals surface area contributed by atoms with Gasteiger partial charge in [0.2, 0.25) is 5.91 Å². The molecule has 1 fully saturated rings. The summed E-state index contributed by atoms with van der Waals surface area (Å²) in [6.45, 7) is 0.775. The molecule has 2 aliphatic heterocycles. The van der Waals surface area contributed by atoms with E-state index in [0.29, 0.717) is 4.88 Å². The van der Waals surface area contributed by atoms with Crippen molar-refractivity contribution in [3.8, 4) is 0 Å². The summed E-state index contributed by atoms with van der Waals surface area (Å²) in [6, 6.07) is 3.39. The maximum Gasteiger partial charge on any atom is 0.352 e. The molecule has 2 atom stereocenters. The van der Waals surface area contributed by atoms with Crippen LogP contribution < -0.4 is 10.5 Å². The Morgan fingerprint density at radius 3 is 2.68 bits per heavy atom. The van der Waals surface area contributed by atoms with Crippen LogP contribution in [0.1, 0.15) is 11.8 Å². The smallest absolute Gasteiger partial charge is 0.352 e. The molecule has 3 heterocycles. The fourth-order valence-corrected chi connectivity index (χ4v) is 5.81. The third kappa shape index (κ3) is 4.74. The van der Waals surface area contributed by atoms with Gasteiger partial charge in [0.15, 0.2) is 0 Å². The quantitative estimate of drug-likeness (QED) is 0.235. The summed E-state index contributed by atoms with van der Waals surface area (Å²) in [5, 5.41) is 17.3. The SMILES string of the molecule is CC(=O)OCC1=C(C(=O)O)N2C(=O)C(NC(=O)Cc3cccs3)(OS(N)(=O)=O)[C@H]2SC1. The summed E-state index contributed by atoms with van der Waals surface area (Å²) >= 11 is 2.21. The lowest BCUT2D eigenvalue weighted by Gasteiger charge is -2.55. The Kier molecular flexibility index (Phi) is 6.43. The Hall–Kier alpha value is -2.46. The van der Waals surface area contributed by atoms with Crippen molar-refractivity contribution in [1.82, 2.24) is 10.2 Å². The molecule has 0 aliphatic carbocycles. The number of thioether (sulfide) groups is 1. The fraction of sp³-hybridized carbons (Fsp3) is 0.375. The number of thiophene rings is 1. The molecule has 168 valence electrons. The third-order valence-corrected chi connectivity index (χ3v) is 7.00. The largest absolute Gasteiger partial charge is 0.477 e. The number of aliphatic carboxylic acids is 1. The summed E-state index contributed by atoms with van der Waals surface area (Å²) in [5.41, 5.74) is -2.75. The number of esters is 1. The van der Waals surface area contributed by atoms with E-state index in [2.05, 4.69) is 5.32 Å². The number of carbonyl (C=O) groups excluding carboxylic acids is 3. The Labute approximate surface area is 184 Å². The first-order chi connectivity index (χ1) is 14.4. The van der Waals surface area contributed by atoms with Crippen molar-refractivity contribution in [2.45, 2.75) is 24.4 Å². The van der Waals surface area contributed by atoms with Gasteiger partial charge in [-0.15, -0.1) is 23.1 Å². The number of hydrogen-bond donors (Lipinski definition) is 3. The molecule has 1 aromatic rings. The summed E-state index contributed by atoms with van der Waals surface area (Å²) < 4.78 is 32.9. The molecule has 0 aromatic carbocycles. The van der Waals surface area contributed by atoms with Gasteiger partial charge in [-0.3, -0.25) is 19.3 Å². The highest BCUT2D eigenvalue weighted by Crippen LogP contribution is 2.47. The molecule has 1 saturated heterocycles. The van der Waals surface area contributed by atoms with Crippen LogP contribution in [0.3, 0.4) is 0 Å². The second-order valence-electron chi connectivity index (χ2n) is 6.49. The number of hydrogen-bond acceptors (Lipinski definition) is 10. The Morgan fingerprint density at radius 2 is 2.13 bits per heavy atom. The number of nitrogens with two attached hydrogens (primary N) is 1. The number of β-lactam (4-membered cyclic amide) rings is 1. The van der Waals surface area contributed by atoms with Gasteiger partial charge in [-0.05, 0) is 11.4 Å². The lowest BCUT2D eigenvalue weighted by Crippen LogP contribution is -2.81. The normalized spacial score (nSPS) is 23.1. The monoisotopic (exact) mass is 491 g/mol. The minimum absolute atomic E-state index is 0.0279. The maximum atomic E-state index is 13.0. The number of carboxylic acid groups (broad SMARTS) is 1. The van der Waals surface area contributed by atoms with Crippen LogP contribution in [0.2, 0.25) is 0 Å². The lowest BCUT2D eigenvalue weighted by atomic mass is 9.98. The predicted octanol–water partition coefficient (Wildman–Crippen LogP) is -0.860. The zero-order chi connectivity index (χ0) is 23.0. The van der Waals surface area contributed by atoms with Crippen molar-refractivity contribution in [3.05, 3.63) is 33.7 Å². The van der Waals surface area contributed by atoms with E-state index in [0.717, 1.165) is 23.6 Å². The Morgan fingerprint density at radius 1 is 1.42 bits per heavy atom. The van der Waals surface area contributed by atoms with Crippen molar-refractivity contribution in [1.29, 1.82) is 0 Å². The lowest BCUT2D eigenvalue weighted by molar-refractivity contribution is -0.180. The number of rotatable bonds is 8. The van der Waals surface area contributed by atoms with Gasteiger partial charge in [0.1, 0.15) is 17.7 Å². The predicted molar refractivity (Wildman–Crippen MR) is 107 cm³/mol. The van der Waals surface area contributed by atoms with E-state index >= 15 is 0 Å². The third-order valence-electron chi connectivity index (χ3n) is 4.25. The molecule has 2 aliphatic rings. The van der Waals surface area contributed by atoms with Crippen LogP contribution in [0.25, 0.3) is 0 Å². The molecular formula is C16H17N3O9S3. The molecule has 1 aromatic heterocycles. The molecule has 0 radical (unpaired) electrons. The average Bonchev–Trinajstić information content (AvgIpc) is 3.16. The second-order valence-corrected chi connectivity index (χ2v) is 9.75. The van der Waals surface area contributed by atoms with Crippen LogP contribution in [0, 0.1) is 0 Å². The van der Waals surface area contributed by atoms with Crippen molar-refractivity contribution in [2.75, 3.05) is 12.4 Å². The second kappa shape index (κ2) is 8.58. The maximum absolute atomic E-state index is 13.0. The highest BCUT2D eigenvalue weighted by molar-refractivity contribution is 8.00. The van der Waals surface area contributed by atoms with Gasteiger partial charge in [-0.2, -0.15) is 8.42 Å². The summed E-state index contributed by atoms with van der Waals surface area (Å²) in [5.74, 6) is -4.01. The van der Waals surface area contributed by atoms with Gasteiger partial charge >= 0.3 is 22.2 Å². The summed E-state index contributed by atoms with van der Waals surface area (Å²) in [4.78, 5) is 49.8. The summed E-state index contributed by atoms with van der Waals surface area (Å²) in [6.07, 6.45) is -0.155. The van der Waals surface area contributed by atoms with E-state index < -0.39 is 50.9 Å². The van der Waals surface area contributed by atoms with Crippen molar-refractivity contribution in [2.24, 2.45) is 5.14 Å². The zero-order valence-corrected chi connectivity index (χ0v) is 18.3. The van der Waals surface area contributed by atoms with E-state index in [9.17, 15) is 32.7 Å². The highest BCUT2D eigenvalue weighted by Gasteiger charge is 2.68. The first-order valence-corrected chi connectivity index (χ1v) is 12.0. The van der Waals surface area contributed by atoms with Crippen LogP contribution in [0.5, 0.6) is 0 Å². The van der Waals surface area contributed by atoms with Gasteiger partial charge in [0.25, 0.3) is 11.6 Å². The molecule has 0 spiro atoms. The van der Waals surface area contributed by atoms with E-state index in [1.807, 2.05) is 0 Å². The fourth-order valence-electron chi connectivity index (χ4n) is 3.11. The number of nitrogens with one attached hydrogen (secondary N) is 1. The van der Waals surface area contributed by atoms with Gasteiger partial charge in [0, 0.05) is 23.1 Å². The molecule has 31 heavy (non-hydrogen) atoms.